The van der Waals surface area contributed by atoms with Gasteiger partial charge in [0.15, 0.2) is 0 Å². The van der Waals surface area contributed by atoms with Crippen molar-refractivity contribution >= 4 is 0 Å². The molecule has 20 heavy (non-hydrogen) atoms. The third kappa shape index (κ3) is 5.26. The number of halogens is 2. The van der Waals surface area contributed by atoms with Gasteiger partial charge < -0.3 is 4.74 Å². The normalized spacial score (nSPS) is 28.9. The fourth-order valence-corrected chi connectivity index (χ4v) is 3.09. The molecule has 118 valence electrons. The molecule has 2 aliphatic heterocycles. The van der Waals surface area contributed by atoms with Gasteiger partial charge in [-0.1, -0.05) is 20.8 Å². The van der Waals surface area contributed by atoms with Crippen molar-refractivity contribution in [2.75, 3.05) is 45.9 Å². The molecule has 3 nitrogen and oxygen atoms in total. The Labute approximate surface area is 121 Å². The largest absolute Gasteiger partial charge is 0.376 e. The smallest absolute Gasteiger partial charge is 0.261 e. The van der Waals surface area contributed by atoms with Crippen molar-refractivity contribution in [2.45, 2.75) is 45.6 Å². The van der Waals surface area contributed by atoms with E-state index in [1.807, 2.05) is 4.90 Å². The van der Waals surface area contributed by atoms with Crippen LogP contribution < -0.4 is 0 Å². The van der Waals surface area contributed by atoms with Crippen LogP contribution >= 0.6 is 0 Å². The molecule has 1 unspecified atom stereocenters. The topological polar surface area (TPSA) is 15.7 Å². The summed E-state index contributed by atoms with van der Waals surface area (Å²) in [6.07, 6.45) is 1.06. The first kappa shape index (κ1) is 16.1. The van der Waals surface area contributed by atoms with Gasteiger partial charge in [-0.25, -0.2) is 8.78 Å². The highest BCUT2D eigenvalue weighted by molar-refractivity contribution is 4.83. The Hall–Kier alpha value is -0.260. The molecular formula is C15H28F2N2O. The summed E-state index contributed by atoms with van der Waals surface area (Å²) in [6.45, 7) is 11.6. The minimum atomic E-state index is -2.48. The van der Waals surface area contributed by atoms with Crippen molar-refractivity contribution in [3.63, 3.8) is 0 Å². The molecule has 0 aromatic heterocycles. The van der Waals surface area contributed by atoms with Gasteiger partial charge in [-0.3, -0.25) is 9.80 Å². The van der Waals surface area contributed by atoms with Crippen LogP contribution in [0.5, 0.6) is 0 Å². The molecule has 2 saturated heterocycles. The van der Waals surface area contributed by atoms with Crippen LogP contribution in [-0.2, 0) is 4.74 Å². The first-order valence-corrected chi connectivity index (χ1v) is 7.68. The molecule has 2 rings (SSSR count). The Kier molecular flexibility index (Phi) is 5.03. The molecule has 0 aromatic carbocycles. The molecule has 0 radical (unpaired) electrons. The van der Waals surface area contributed by atoms with Gasteiger partial charge in [0, 0.05) is 39.1 Å². The maximum atomic E-state index is 13.1. The summed E-state index contributed by atoms with van der Waals surface area (Å²) in [5.41, 5.74) is 0.291. The SMILES string of the molecule is CC(C)(C)CN1CCOC(CCN2CCC(F)(F)C2)C1. The predicted octanol–water partition coefficient (Wildman–Crippen LogP) is 2.46. The molecule has 0 amide bonds. The molecule has 0 bridgehead atoms. The molecule has 1 atom stereocenters. The molecule has 2 aliphatic rings. The second-order valence-electron chi connectivity index (χ2n) is 7.46. The van der Waals surface area contributed by atoms with E-state index in [-0.39, 0.29) is 19.1 Å². The number of likely N-dealkylation sites (tertiary alicyclic amines) is 1. The van der Waals surface area contributed by atoms with E-state index in [4.69, 9.17) is 4.74 Å². The molecule has 2 heterocycles. The molecular weight excluding hydrogens is 262 g/mol. The molecule has 0 saturated carbocycles. The van der Waals surface area contributed by atoms with Crippen LogP contribution in [0, 0.1) is 5.41 Å². The summed E-state index contributed by atoms with van der Waals surface area (Å²) in [6, 6.07) is 0. The van der Waals surface area contributed by atoms with Crippen molar-refractivity contribution in [1.29, 1.82) is 0 Å². The highest BCUT2D eigenvalue weighted by atomic mass is 19.3. The monoisotopic (exact) mass is 290 g/mol. The molecule has 0 N–H and O–H groups in total. The fourth-order valence-electron chi connectivity index (χ4n) is 3.09. The predicted molar refractivity (Wildman–Crippen MR) is 76.3 cm³/mol. The van der Waals surface area contributed by atoms with Gasteiger partial charge in [0.05, 0.1) is 19.3 Å². The lowest BCUT2D eigenvalue weighted by molar-refractivity contribution is -0.0447. The third-order valence-electron chi connectivity index (χ3n) is 3.94. The Morgan fingerprint density at radius 1 is 1.20 bits per heavy atom. The van der Waals surface area contributed by atoms with Crippen LogP contribution in [0.2, 0.25) is 0 Å². The van der Waals surface area contributed by atoms with Gasteiger partial charge in [0.1, 0.15) is 0 Å². The van der Waals surface area contributed by atoms with Gasteiger partial charge in [-0.15, -0.1) is 0 Å². The van der Waals surface area contributed by atoms with E-state index in [0.717, 1.165) is 39.2 Å². The van der Waals surface area contributed by atoms with E-state index in [1.165, 1.54) is 0 Å². The summed E-state index contributed by atoms with van der Waals surface area (Å²) in [7, 11) is 0. The Bertz CT molecular complexity index is 317. The van der Waals surface area contributed by atoms with Crippen LogP contribution in [0.4, 0.5) is 8.78 Å². The lowest BCUT2D eigenvalue weighted by Crippen LogP contribution is -2.46. The van der Waals surface area contributed by atoms with Gasteiger partial charge in [-0.2, -0.15) is 0 Å². The zero-order valence-corrected chi connectivity index (χ0v) is 13.0. The molecule has 0 aliphatic carbocycles. The van der Waals surface area contributed by atoms with Crippen molar-refractivity contribution in [3.05, 3.63) is 0 Å². The summed E-state index contributed by atoms with van der Waals surface area (Å²) in [5, 5.41) is 0. The quantitative estimate of drug-likeness (QED) is 0.791. The first-order valence-electron chi connectivity index (χ1n) is 7.68. The summed E-state index contributed by atoms with van der Waals surface area (Å²) in [5.74, 6) is -2.48. The van der Waals surface area contributed by atoms with Crippen molar-refractivity contribution in [3.8, 4) is 0 Å². The number of hydrogen-bond acceptors (Lipinski definition) is 3. The average Bonchev–Trinajstić information content (AvgIpc) is 2.65. The number of rotatable bonds is 4. The Morgan fingerprint density at radius 2 is 1.95 bits per heavy atom. The maximum Gasteiger partial charge on any atom is 0.261 e. The second-order valence-corrected chi connectivity index (χ2v) is 7.46. The van der Waals surface area contributed by atoms with Gasteiger partial charge >= 0.3 is 0 Å². The van der Waals surface area contributed by atoms with Gasteiger partial charge in [0.25, 0.3) is 5.92 Å². The van der Waals surface area contributed by atoms with Crippen LogP contribution in [0.1, 0.15) is 33.6 Å². The third-order valence-corrected chi connectivity index (χ3v) is 3.94. The second kappa shape index (κ2) is 6.24. The number of ether oxygens (including phenoxy) is 1. The molecule has 0 spiro atoms. The summed E-state index contributed by atoms with van der Waals surface area (Å²) < 4.78 is 32.0. The fraction of sp³-hybridized carbons (Fsp3) is 1.00. The van der Waals surface area contributed by atoms with Crippen molar-refractivity contribution in [2.24, 2.45) is 5.41 Å². The van der Waals surface area contributed by atoms with Crippen LogP contribution in [0.25, 0.3) is 0 Å². The van der Waals surface area contributed by atoms with E-state index in [9.17, 15) is 8.78 Å². The highest BCUT2D eigenvalue weighted by Crippen LogP contribution is 2.27. The van der Waals surface area contributed by atoms with Crippen LogP contribution in [-0.4, -0.2) is 67.7 Å². The van der Waals surface area contributed by atoms with Crippen LogP contribution in [0.15, 0.2) is 0 Å². The summed E-state index contributed by atoms with van der Waals surface area (Å²) in [4.78, 5) is 4.30. The lowest BCUT2D eigenvalue weighted by Gasteiger charge is -2.37. The maximum absolute atomic E-state index is 13.1. The molecule has 2 fully saturated rings. The summed E-state index contributed by atoms with van der Waals surface area (Å²) >= 11 is 0. The van der Waals surface area contributed by atoms with Crippen molar-refractivity contribution in [1.82, 2.24) is 9.80 Å². The zero-order chi connectivity index (χ0) is 14.8. The van der Waals surface area contributed by atoms with Crippen molar-refractivity contribution < 1.29 is 13.5 Å². The number of alkyl halides is 2. The first-order chi connectivity index (χ1) is 9.23. The van der Waals surface area contributed by atoms with Gasteiger partial charge in [-0.05, 0) is 11.8 Å². The highest BCUT2D eigenvalue weighted by Gasteiger charge is 2.38. The number of morpholine rings is 1. The standard InChI is InChI=1S/C15H28F2N2O/c1-14(2,3)11-19-8-9-20-13(10-19)4-6-18-7-5-15(16,17)12-18/h13H,4-12H2,1-3H3. The Morgan fingerprint density at radius 3 is 2.55 bits per heavy atom. The van der Waals surface area contributed by atoms with E-state index in [0.29, 0.717) is 12.0 Å². The number of hydrogen-bond donors (Lipinski definition) is 0. The Balaban J connectivity index is 1.71. The van der Waals surface area contributed by atoms with E-state index in [1.54, 1.807) is 0 Å². The van der Waals surface area contributed by atoms with Crippen LogP contribution in [0.3, 0.4) is 0 Å². The lowest BCUT2D eigenvalue weighted by atomic mass is 9.95. The average molecular weight is 290 g/mol. The minimum Gasteiger partial charge on any atom is -0.376 e. The zero-order valence-electron chi connectivity index (χ0n) is 13.0. The van der Waals surface area contributed by atoms with E-state index >= 15 is 0 Å². The molecule has 5 heteroatoms. The van der Waals surface area contributed by atoms with E-state index < -0.39 is 5.92 Å². The number of nitrogens with zero attached hydrogens (tertiary/aromatic N) is 2. The molecule has 0 aromatic rings. The minimum absolute atomic E-state index is 0.00860. The van der Waals surface area contributed by atoms with Gasteiger partial charge in [0.2, 0.25) is 0 Å². The van der Waals surface area contributed by atoms with E-state index in [2.05, 4.69) is 25.7 Å².